The van der Waals surface area contributed by atoms with Crippen molar-refractivity contribution in [3.63, 3.8) is 0 Å². The number of carbonyl (C=O) groups excluding carboxylic acids is 6. The average Bonchev–Trinajstić information content (AvgIpc) is 2.97. The zero-order chi connectivity index (χ0) is 24.5. The number of anilines is 1. The highest BCUT2D eigenvalue weighted by atomic mass is 16.6. The molecule has 33 heavy (non-hydrogen) atoms. The molecule has 3 N–H and O–H groups in total. The van der Waals surface area contributed by atoms with Crippen LogP contribution in [0, 0.1) is 0 Å². The number of alkyl carbamates (subject to hydrolysis) is 1. The van der Waals surface area contributed by atoms with Crippen LogP contribution in [0.1, 0.15) is 54.3 Å². The Morgan fingerprint density at radius 1 is 1.15 bits per heavy atom. The Morgan fingerprint density at radius 3 is 2.48 bits per heavy atom. The first-order chi connectivity index (χ1) is 15.4. The van der Waals surface area contributed by atoms with E-state index in [1.807, 2.05) is 0 Å². The quantitative estimate of drug-likeness (QED) is 0.359. The van der Waals surface area contributed by atoms with Gasteiger partial charge in [-0.2, -0.15) is 0 Å². The Kier molecular flexibility index (Phi) is 6.38. The number of benzene rings is 1. The zero-order valence-electron chi connectivity index (χ0n) is 18.4. The third-order valence-corrected chi connectivity index (χ3v) is 4.90. The summed E-state index contributed by atoms with van der Waals surface area (Å²) in [5.41, 5.74) is 5.26. The zero-order valence-corrected chi connectivity index (χ0v) is 18.4. The van der Waals surface area contributed by atoms with E-state index in [0.717, 1.165) is 4.90 Å². The SMILES string of the molecule is CC(C)(C)OC(=O)NCC(=O)OCN1C(=O)CCC(N2C(=O)c3cccc(N)c3C2=O)C1=O. The summed E-state index contributed by atoms with van der Waals surface area (Å²) >= 11 is 0. The molecule has 0 radical (unpaired) electrons. The van der Waals surface area contributed by atoms with E-state index in [0.29, 0.717) is 4.90 Å². The van der Waals surface area contributed by atoms with Crippen LogP contribution in [0.2, 0.25) is 0 Å². The lowest BCUT2D eigenvalue weighted by Gasteiger charge is -2.34. The van der Waals surface area contributed by atoms with Crippen LogP contribution in [-0.2, 0) is 23.9 Å². The number of fused-ring (bicyclic) bond motifs is 1. The number of nitrogens with zero attached hydrogens (tertiary/aromatic N) is 2. The Hall–Kier alpha value is -3.96. The second kappa shape index (κ2) is 8.88. The maximum atomic E-state index is 12.9. The minimum absolute atomic E-state index is 0.0124. The van der Waals surface area contributed by atoms with Crippen LogP contribution in [-0.4, -0.2) is 70.4 Å². The highest BCUT2D eigenvalue weighted by Gasteiger charge is 2.47. The van der Waals surface area contributed by atoms with Gasteiger partial charge in [0, 0.05) is 12.1 Å². The molecule has 2 aliphatic heterocycles. The number of ether oxygens (including phenoxy) is 2. The number of nitrogens with one attached hydrogen (secondary N) is 1. The fourth-order valence-electron chi connectivity index (χ4n) is 3.46. The number of hydrogen-bond donors (Lipinski definition) is 2. The summed E-state index contributed by atoms with van der Waals surface area (Å²) < 4.78 is 9.90. The van der Waals surface area contributed by atoms with Crippen molar-refractivity contribution in [1.82, 2.24) is 15.1 Å². The first kappa shape index (κ1) is 23.7. The number of amides is 5. The molecule has 12 nitrogen and oxygen atoms in total. The fourth-order valence-corrected chi connectivity index (χ4v) is 3.46. The number of rotatable bonds is 5. The van der Waals surface area contributed by atoms with Gasteiger partial charge in [-0.15, -0.1) is 0 Å². The molecule has 2 aliphatic rings. The summed E-state index contributed by atoms with van der Waals surface area (Å²) in [6.45, 7) is 3.67. The second-order valence-electron chi connectivity index (χ2n) is 8.47. The number of esters is 1. The Morgan fingerprint density at radius 2 is 1.85 bits per heavy atom. The van der Waals surface area contributed by atoms with Crippen molar-refractivity contribution < 1.29 is 38.2 Å². The standard InChI is InChI=1S/C21H24N4O8/c1-21(2,3)33-20(31)23-9-15(27)32-10-24-14(26)8-7-13(18(24)29)25-17(28)11-5-4-6-12(22)16(11)19(25)30/h4-6,13H,7-10,22H2,1-3H3,(H,23,31). The van der Waals surface area contributed by atoms with Gasteiger partial charge >= 0.3 is 12.1 Å². The summed E-state index contributed by atoms with van der Waals surface area (Å²) in [6, 6.07) is 3.18. The molecule has 1 aromatic rings. The van der Waals surface area contributed by atoms with Crippen molar-refractivity contribution in [2.24, 2.45) is 0 Å². The lowest BCUT2D eigenvalue weighted by Crippen LogP contribution is -2.56. The van der Waals surface area contributed by atoms with Crippen LogP contribution >= 0.6 is 0 Å². The Labute approximate surface area is 188 Å². The molecule has 1 fully saturated rings. The van der Waals surface area contributed by atoms with Crippen molar-refractivity contribution in [2.45, 2.75) is 45.3 Å². The van der Waals surface area contributed by atoms with Gasteiger partial charge in [0.1, 0.15) is 18.2 Å². The van der Waals surface area contributed by atoms with Crippen LogP contribution in [0.25, 0.3) is 0 Å². The summed E-state index contributed by atoms with van der Waals surface area (Å²) in [4.78, 5) is 75.7. The molecule has 5 amide bonds. The molecule has 176 valence electrons. The van der Waals surface area contributed by atoms with Crippen LogP contribution < -0.4 is 11.1 Å². The van der Waals surface area contributed by atoms with Crippen molar-refractivity contribution in [3.05, 3.63) is 29.3 Å². The number of likely N-dealkylation sites (tertiary alicyclic amines) is 1. The van der Waals surface area contributed by atoms with Gasteiger partial charge in [0.25, 0.3) is 17.7 Å². The van der Waals surface area contributed by atoms with E-state index in [9.17, 15) is 28.8 Å². The molecule has 1 unspecified atom stereocenters. The van der Waals surface area contributed by atoms with Crippen molar-refractivity contribution >= 4 is 41.4 Å². The predicted molar refractivity (Wildman–Crippen MR) is 111 cm³/mol. The number of nitrogen functional groups attached to an aromatic ring is 1. The molecular weight excluding hydrogens is 436 g/mol. The Bertz CT molecular complexity index is 1050. The topological polar surface area (TPSA) is 165 Å². The average molecular weight is 460 g/mol. The lowest BCUT2D eigenvalue weighted by atomic mass is 10.0. The van der Waals surface area contributed by atoms with E-state index >= 15 is 0 Å². The van der Waals surface area contributed by atoms with Crippen molar-refractivity contribution in [3.8, 4) is 0 Å². The minimum atomic E-state index is -1.24. The van der Waals surface area contributed by atoms with Gasteiger partial charge in [-0.1, -0.05) is 6.07 Å². The Balaban J connectivity index is 1.63. The van der Waals surface area contributed by atoms with Crippen LogP contribution in [0.4, 0.5) is 10.5 Å². The highest BCUT2D eigenvalue weighted by molar-refractivity contribution is 6.25. The summed E-state index contributed by atoms with van der Waals surface area (Å²) in [5.74, 6) is -3.81. The van der Waals surface area contributed by atoms with E-state index in [1.165, 1.54) is 18.2 Å². The van der Waals surface area contributed by atoms with Crippen molar-refractivity contribution in [2.75, 3.05) is 19.0 Å². The van der Waals surface area contributed by atoms with Gasteiger partial charge in [-0.3, -0.25) is 28.9 Å². The number of imide groups is 2. The molecular formula is C21H24N4O8. The largest absolute Gasteiger partial charge is 0.444 e. The first-order valence-corrected chi connectivity index (χ1v) is 10.1. The smallest absolute Gasteiger partial charge is 0.408 e. The van der Waals surface area contributed by atoms with Crippen LogP contribution in [0.15, 0.2) is 18.2 Å². The van der Waals surface area contributed by atoms with E-state index in [4.69, 9.17) is 15.2 Å². The molecule has 0 aliphatic carbocycles. The molecule has 0 spiro atoms. The molecule has 0 aromatic heterocycles. The highest BCUT2D eigenvalue weighted by Crippen LogP contribution is 2.32. The molecule has 1 aromatic carbocycles. The van der Waals surface area contributed by atoms with Gasteiger partial charge in [0.2, 0.25) is 5.91 Å². The minimum Gasteiger partial charge on any atom is -0.444 e. The molecule has 1 atom stereocenters. The normalized spacial score (nSPS) is 18.3. The maximum Gasteiger partial charge on any atom is 0.408 e. The van der Waals surface area contributed by atoms with Gasteiger partial charge < -0.3 is 20.5 Å². The molecule has 0 bridgehead atoms. The van der Waals surface area contributed by atoms with Gasteiger partial charge in [-0.05, 0) is 39.3 Å². The van der Waals surface area contributed by atoms with Crippen LogP contribution in [0.3, 0.4) is 0 Å². The second-order valence-corrected chi connectivity index (χ2v) is 8.47. The van der Waals surface area contributed by atoms with Gasteiger partial charge in [0.05, 0.1) is 11.1 Å². The van der Waals surface area contributed by atoms with E-state index < -0.39 is 60.6 Å². The molecule has 12 heteroatoms. The van der Waals surface area contributed by atoms with E-state index in [1.54, 1.807) is 20.8 Å². The molecule has 1 saturated heterocycles. The first-order valence-electron chi connectivity index (χ1n) is 10.1. The monoisotopic (exact) mass is 460 g/mol. The van der Waals surface area contributed by atoms with E-state index in [-0.39, 0.29) is 29.7 Å². The lowest BCUT2D eigenvalue weighted by molar-refractivity contribution is -0.163. The number of carbonyl (C=O) groups is 6. The van der Waals surface area contributed by atoms with Crippen LogP contribution in [0.5, 0.6) is 0 Å². The summed E-state index contributed by atoms with van der Waals surface area (Å²) in [6.07, 6.45) is -1.05. The number of hydrogen-bond acceptors (Lipinski definition) is 9. The van der Waals surface area contributed by atoms with Gasteiger partial charge in [0.15, 0.2) is 6.73 Å². The summed E-state index contributed by atoms with van der Waals surface area (Å²) in [5, 5.41) is 2.20. The van der Waals surface area contributed by atoms with Crippen molar-refractivity contribution in [1.29, 1.82) is 0 Å². The predicted octanol–water partition coefficient (Wildman–Crippen LogP) is 0.408. The third-order valence-electron chi connectivity index (χ3n) is 4.90. The number of piperidine rings is 1. The van der Waals surface area contributed by atoms with E-state index in [2.05, 4.69) is 5.32 Å². The maximum absolute atomic E-state index is 12.9. The molecule has 3 rings (SSSR count). The summed E-state index contributed by atoms with van der Waals surface area (Å²) in [7, 11) is 0. The van der Waals surface area contributed by atoms with Gasteiger partial charge in [-0.25, -0.2) is 9.69 Å². The molecule has 0 saturated carbocycles. The fraction of sp³-hybridized carbons (Fsp3) is 0.429. The molecule has 2 heterocycles. The third kappa shape index (κ3) is 4.94. The number of nitrogens with two attached hydrogens (primary N) is 1.